The van der Waals surface area contributed by atoms with Crippen LogP contribution in [0.1, 0.15) is 0 Å². The Kier molecular flexibility index (Phi) is 1.80. The molecule has 0 spiro atoms. The van der Waals surface area contributed by atoms with E-state index in [-0.39, 0.29) is 17.5 Å². The molecule has 0 atom stereocenters. The lowest BCUT2D eigenvalue weighted by Gasteiger charge is -1.89. The van der Waals surface area contributed by atoms with Crippen LogP contribution in [0.3, 0.4) is 0 Å². The maximum Gasteiger partial charge on any atom is 0.194 e. The molecule has 1 heterocycles. The van der Waals surface area contributed by atoms with E-state index in [2.05, 4.69) is 15.0 Å². The minimum Gasteiger partial charge on any atom is -0.370 e. The van der Waals surface area contributed by atoms with Gasteiger partial charge in [-0.15, -0.1) is 0 Å². The fourth-order valence-corrected chi connectivity index (χ4v) is 0.536. The van der Waals surface area contributed by atoms with Crippen molar-refractivity contribution < 1.29 is 4.79 Å². The average molecular weight is 151 g/mol. The molecule has 1 aliphatic rings. The molecule has 6 nitrogen and oxygen atoms in total. The fourth-order valence-electron chi connectivity index (χ4n) is 0.536. The van der Waals surface area contributed by atoms with Gasteiger partial charge in [0.15, 0.2) is 23.4 Å². The highest BCUT2D eigenvalue weighted by Crippen LogP contribution is 2.02. The smallest absolute Gasteiger partial charge is 0.194 e. The third kappa shape index (κ3) is 1.50. The van der Waals surface area contributed by atoms with Crippen LogP contribution in [0.25, 0.3) is 0 Å². The van der Waals surface area contributed by atoms with E-state index in [1.54, 1.807) is 0 Å². The predicted molar refractivity (Wildman–Crippen MR) is 40.9 cm³/mol. The van der Waals surface area contributed by atoms with Gasteiger partial charge in [0.25, 0.3) is 0 Å². The van der Waals surface area contributed by atoms with E-state index in [4.69, 9.17) is 11.5 Å². The van der Waals surface area contributed by atoms with Gasteiger partial charge in [-0.25, -0.2) is 14.8 Å². The highest BCUT2D eigenvalue weighted by molar-refractivity contribution is 6.14. The first-order valence-corrected chi connectivity index (χ1v) is 2.69. The summed E-state index contributed by atoms with van der Waals surface area (Å²) in [5.74, 6) is 1.47. The number of amidine groups is 1. The van der Waals surface area contributed by atoms with Gasteiger partial charge in [-0.2, -0.15) is 4.99 Å². The average Bonchev–Trinajstić information content (AvgIpc) is 2.34. The minimum atomic E-state index is -0.165. The molecule has 0 unspecified atom stereocenters. The number of carbonyl (C=O) groups excluding carboxylic acids is 1. The number of nitrogens with zero attached hydrogens (tertiary/aromatic N) is 3. The standard InChI is InChI=1S/C5H5N5O/c6-5(7)10-4-3(1-11)8-2-9-4/h2H,(H4,6,7,8,9,10). The van der Waals surface area contributed by atoms with Crippen LogP contribution in [0.4, 0.5) is 0 Å². The number of hydrogen-bond acceptors (Lipinski definition) is 4. The molecule has 0 aromatic heterocycles. The molecule has 0 aromatic rings. The summed E-state index contributed by atoms with van der Waals surface area (Å²) < 4.78 is 0. The summed E-state index contributed by atoms with van der Waals surface area (Å²) in [5, 5.41) is 0. The molecule has 0 fully saturated rings. The van der Waals surface area contributed by atoms with Crippen molar-refractivity contribution in [3.05, 3.63) is 5.70 Å². The van der Waals surface area contributed by atoms with Gasteiger partial charge in [-0.3, -0.25) is 0 Å². The van der Waals surface area contributed by atoms with Gasteiger partial charge in [0.05, 0.1) is 0 Å². The van der Waals surface area contributed by atoms with Crippen LogP contribution in [-0.2, 0) is 4.79 Å². The van der Waals surface area contributed by atoms with Gasteiger partial charge in [-0.1, -0.05) is 0 Å². The Morgan fingerprint density at radius 3 is 2.91 bits per heavy atom. The van der Waals surface area contributed by atoms with Crippen LogP contribution in [-0.4, -0.2) is 24.1 Å². The van der Waals surface area contributed by atoms with E-state index in [0.717, 1.165) is 0 Å². The fraction of sp³-hybridized carbons (Fsp3) is 0. The Bertz CT molecular complexity index is 303. The van der Waals surface area contributed by atoms with Crippen LogP contribution >= 0.6 is 0 Å². The first-order valence-electron chi connectivity index (χ1n) is 2.69. The summed E-state index contributed by atoms with van der Waals surface area (Å²) in [7, 11) is 0. The largest absolute Gasteiger partial charge is 0.370 e. The number of aliphatic imine (C=N–C) groups is 3. The van der Waals surface area contributed by atoms with E-state index in [1.165, 1.54) is 12.3 Å². The molecular weight excluding hydrogens is 146 g/mol. The zero-order valence-electron chi connectivity index (χ0n) is 5.48. The van der Waals surface area contributed by atoms with Crippen molar-refractivity contribution in [1.29, 1.82) is 0 Å². The third-order valence-corrected chi connectivity index (χ3v) is 0.910. The molecule has 0 saturated carbocycles. The first-order chi connectivity index (χ1) is 5.24. The van der Waals surface area contributed by atoms with E-state index >= 15 is 0 Å². The normalized spacial score (nSPS) is 14.2. The van der Waals surface area contributed by atoms with E-state index < -0.39 is 0 Å². The van der Waals surface area contributed by atoms with Crippen molar-refractivity contribution in [3.8, 4) is 0 Å². The van der Waals surface area contributed by atoms with Crippen molar-refractivity contribution in [1.82, 2.24) is 0 Å². The van der Waals surface area contributed by atoms with E-state index in [1.807, 2.05) is 0 Å². The number of hydrogen-bond donors (Lipinski definition) is 2. The molecule has 0 saturated heterocycles. The van der Waals surface area contributed by atoms with Gasteiger partial charge < -0.3 is 11.5 Å². The highest BCUT2D eigenvalue weighted by Gasteiger charge is 2.09. The van der Waals surface area contributed by atoms with Crippen LogP contribution < -0.4 is 11.5 Å². The summed E-state index contributed by atoms with van der Waals surface area (Å²) >= 11 is 0. The molecule has 0 radical (unpaired) electrons. The van der Waals surface area contributed by atoms with Gasteiger partial charge >= 0.3 is 0 Å². The minimum absolute atomic E-state index is 0.0124. The van der Waals surface area contributed by atoms with Gasteiger partial charge in [-0.05, 0) is 0 Å². The Hall–Kier alpha value is -1.94. The van der Waals surface area contributed by atoms with Gasteiger partial charge in [0.1, 0.15) is 6.34 Å². The summed E-state index contributed by atoms with van der Waals surface area (Å²) in [6.07, 6.45) is 1.18. The molecular formula is C5H5N5O. The molecule has 6 heteroatoms. The number of guanidine groups is 1. The zero-order chi connectivity index (χ0) is 8.27. The summed E-state index contributed by atoms with van der Waals surface area (Å²) in [4.78, 5) is 20.8. The van der Waals surface area contributed by atoms with Crippen molar-refractivity contribution in [2.75, 3.05) is 0 Å². The summed E-state index contributed by atoms with van der Waals surface area (Å²) in [6.45, 7) is 0. The molecule has 56 valence electrons. The second-order valence-corrected chi connectivity index (χ2v) is 1.68. The van der Waals surface area contributed by atoms with Crippen LogP contribution in [0.2, 0.25) is 0 Å². The van der Waals surface area contributed by atoms with Crippen LogP contribution in [0.5, 0.6) is 0 Å². The molecule has 11 heavy (non-hydrogen) atoms. The Morgan fingerprint density at radius 1 is 1.64 bits per heavy atom. The number of nitrogens with two attached hydrogens (primary N) is 2. The quantitative estimate of drug-likeness (QED) is 0.248. The molecule has 0 aromatic carbocycles. The summed E-state index contributed by atoms with van der Waals surface area (Å²) in [5.41, 5.74) is 10.1. The van der Waals surface area contributed by atoms with E-state index in [9.17, 15) is 4.79 Å². The van der Waals surface area contributed by atoms with Crippen molar-refractivity contribution in [2.24, 2.45) is 26.4 Å². The van der Waals surface area contributed by atoms with E-state index in [0.29, 0.717) is 0 Å². The molecule has 1 aliphatic heterocycles. The lowest BCUT2D eigenvalue weighted by atomic mass is 10.5. The monoisotopic (exact) mass is 151 g/mol. The maximum absolute atomic E-state index is 10.1. The topological polar surface area (TPSA) is 106 Å². The lowest BCUT2D eigenvalue weighted by Crippen LogP contribution is -2.24. The second kappa shape index (κ2) is 2.76. The number of rotatable bonds is 0. The second-order valence-electron chi connectivity index (χ2n) is 1.68. The van der Waals surface area contributed by atoms with Gasteiger partial charge in [0.2, 0.25) is 0 Å². The molecule has 0 bridgehead atoms. The SMILES string of the molecule is NC(N)=NC1=NC=NC1=C=O. The Balaban J connectivity index is 2.94. The van der Waals surface area contributed by atoms with Crippen molar-refractivity contribution >= 4 is 24.1 Å². The third-order valence-electron chi connectivity index (χ3n) is 0.910. The zero-order valence-corrected chi connectivity index (χ0v) is 5.48. The Labute approximate surface area is 62.0 Å². The van der Waals surface area contributed by atoms with Crippen molar-refractivity contribution in [3.63, 3.8) is 0 Å². The molecule has 0 aliphatic carbocycles. The summed E-state index contributed by atoms with van der Waals surface area (Å²) in [6, 6.07) is 0. The maximum atomic E-state index is 10.1. The Morgan fingerprint density at radius 2 is 2.36 bits per heavy atom. The van der Waals surface area contributed by atoms with Gasteiger partial charge in [0, 0.05) is 0 Å². The van der Waals surface area contributed by atoms with Crippen LogP contribution in [0.15, 0.2) is 20.7 Å². The highest BCUT2D eigenvalue weighted by atomic mass is 16.1. The molecule has 0 amide bonds. The predicted octanol–water partition coefficient (Wildman–Crippen LogP) is -1.58. The molecule has 4 N–H and O–H groups in total. The lowest BCUT2D eigenvalue weighted by molar-refractivity contribution is 0.568. The molecule has 1 rings (SSSR count). The van der Waals surface area contributed by atoms with Crippen molar-refractivity contribution in [2.45, 2.75) is 0 Å². The van der Waals surface area contributed by atoms with Crippen LogP contribution in [0, 0.1) is 0 Å². The first kappa shape index (κ1) is 7.17.